The minimum Gasteiger partial charge on any atom is -0.303 e. The number of hydrogen-bond donors (Lipinski definition) is 0. The third-order valence-corrected chi connectivity index (χ3v) is 7.24. The third-order valence-electron chi connectivity index (χ3n) is 5.80. The maximum absolute atomic E-state index is 13.3. The number of fused-ring (bicyclic) bond motifs is 1. The molecule has 2 atom stereocenters. The summed E-state index contributed by atoms with van der Waals surface area (Å²) in [4.78, 5) is 43.4. The number of urea groups is 1. The number of carbonyl (C=O) groups is 3. The Morgan fingerprint density at radius 1 is 0.967 bits per heavy atom. The van der Waals surface area contributed by atoms with Gasteiger partial charge in [-0.2, -0.15) is 0 Å². The maximum Gasteiger partial charge on any atom is 0.328 e. The van der Waals surface area contributed by atoms with Crippen molar-refractivity contribution in [2.45, 2.75) is 25.6 Å². The molecule has 0 aromatic heterocycles. The topological polar surface area (TPSA) is 57.7 Å². The van der Waals surface area contributed by atoms with Gasteiger partial charge in [0, 0.05) is 12.1 Å². The van der Waals surface area contributed by atoms with Crippen molar-refractivity contribution in [1.29, 1.82) is 0 Å². The van der Waals surface area contributed by atoms with Crippen LogP contribution in [0.1, 0.15) is 29.8 Å². The summed E-state index contributed by atoms with van der Waals surface area (Å²) in [5, 5.41) is -0.356. The van der Waals surface area contributed by atoms with Crippen LogP contribution in [0.2, 0.25) is 0 Å². The summed E-state index contributed by atoms with van der Waals surface area (Å²) in [5.74, 6) is -0.680. The molecule has 2 aliphatic rings. The highest BCUT2D eigenvalue weighted by Gasteiger charge is 2.50. The number of ketones is 1. The lowest BCUT2D eigenvalue weighted by Crippen LogP contribution is -2.61. The van der Waals surface area contributed by atoms with Gasteiger partial charge in [-0.1, -0.05) is 60.7 Å². The van der Waals surface area contributed by atoms with Crippen LogP contribution in [0.5, 0.6) is 0 Å². The molecule has 0 bridgehead atoms. The van der Waals surface area contributed by atoms with Gasteiger partial charge < -0.3 is 4.90 Å². The van der Waals surface area contributed by atoms with E-state index in [-0.39, 0.29) is 29.6 Å². The molecule has 154 valence electrons. The molecule has 1 fully saturated rings. The smallest absolute Gasteiger partial charge is 0.303 e. The Labute approximate surface area is 180 Å². The van der Waals surface area contributed by atoms with E-state index in [1.54, 1.807) is 17.0 Å². The second kappa shape index (κ2) is 8.48. The molecule has 30 heavy (non-hydrogen) atoms. The fourth-order valence-electron chi connectivity index (χ4n) is 3.97. The lowest BCUT2D eigenvalue weighted by Gasteiger charge is -2.41. The number of thioether (sulfide) groups is 1. The van der Waals surface area contributed by atoms with Crippen LogP contribution in [0.4, 0.5) is 4.79 Å². The molecular formula is C24H24N2O3S. The highest BCUT2D eigenvalue weighted by atomic mass is 32.2. The van der Waals surface area contributed by atoms with Gasteiger partial charge in [-0.15, -0.1) is 11.8 Å². The standard InChI is InChI=1S/C24H24N2O3S/c1-16-17(2)30-23-21(16)22(28)25(14-13-18-9-5-3-6-10-18)24(29)26(23)15-20(27)19-11-7-4-8-12-19/h3-12,21,23H,13-15H2,1-2H3. The molecule has 2 aromatic carbocycles. The summed E-state index contributed by atoms with van der Waals surface area (Å²) in [6.07, 6.45) is 0.588. The van der Waals surface area contributed by atoms with Crippen molar-refractivity contribution >= 4 is 29.5 Å². The highest BCUT2D eigenvalue weighted by Crippen LogP contribution is 2.46. The van der Waals surface area contributed by atoms with Gasteiger partial charge in [-0.3, -0.25) is 14.5 Å². The first-order valence-corrected chi connectivity index (χ1v) is 10.9. The van der Waals surface area contributed by atoms with Crippen molar-refractivity contribution in [2.75, 3.05) is 13.1 Å². The van der Waals surface area contributed by atoms with E-state index >= 15 is 0 Å². The van der Waals surface area contributed by atoms with Gasteiger partial charge >= 0.3 is 6.03 Å². The molecular weight excluding hydrogens is 396 g/mol. The van der Waals surface area contributed by atoms with Crippen molar-refractivity contribution in [3.63, 3.8) is 0 Å². The van der Waals surface area contributed by atoms with E-state index in [1.807, 2.05) is 62.4 Å². The molecule has 3 amide bonds. The van der Waals surface area contributed by atoms with E-state index in [2.05, 4.69) is 0 Å². The largest absolute Gasteiger partial charge is 0.328 e. The van der Waals surface area contributed by atoms with Gasteiger partial charge in [0.2, 0.25) is 5.91 Å². The Bertz CT molecular complexity index is 1000. The number of imide groups is 1. The fourth-order valence-corrected chi connectivity index (χ4v) is 5.39. The molecule has 5 nitrogen and oxygen atoms in total. The normalized spacial score (nSPS) is 21.3. The number of nitrogens with zero attached hydrogens (tertiary/aromatic N) is 2. The van der Waals surface area contributed by atoms with Crippen LogP contribution in [0.25, 0.3) is 0 Å². The lowest BCUT2D eigenvalue weighted by molar-refractivity contribution is -0.135. The van der Waals surface area contributed by atoms with E-state index in [0.717, 1.165) is 16.0 Å². The van der Waals surface area contributed by atoms with Gasteiger partial charge in [0.1, 0.15) is 0 Å². The Morgan fingerprint density at radius 3 is 2.27 bits per heavy atom. The van der Waals surface area contributed by atoms with Crippen LogP contribution in [0.3, 0.4) is 0 Å². The second-order valence-corrected chi connectivity index (χ2v) is 8.98. The molecule has 4 rings (SSSR count). The Hall–Kier alpha value is -2.86. The molecule has 0 saturated carbocycles. The Balaban J connectivity index is 1.59. The average Bonchev–Trinajstić information content (AvgIpc) is 3.06. The maximum atomic E-state index is 13.3. The molecule has 0 radical (unpaired) electrons. The van der Waals surface area contributed by atoms with Crippen LogP contribution >= 0.6 is 11.8 Å². The summed E-state index contributed by atoms with van der Waals surface area (Å²) in [6.45, 7) is 4.19. The van der Waals surface area contributed by atoms with E-state index in [9.17, 15) is 14.4 Å². The van der Waals surface area contributed by atoms with Crippen LogP contribution in [-0.2, 0) is 11.2 Å². The third kappa shape index (κ3) is 3.79. The number of allylic oxidation sites excluding steroid dienone is 1. The van der Waals surface area contributed by atoms with Gasteiger partial charge in [0.25, 0.3) is 0 Å². The van der Waals surface area contributed by atoms with Gasteiger partial charge in [0.05, 0.1) is 17.8 Å². The molecule has 0 aliphatic carbocycles. The second-order valence-electron chi connectivity index (χ2n) is 7.65. The van der Waals surface area contributed by atoms with Crippen molar-refractivity contribution in [3.8, 4) is 0 Å². The lowest BCUT2D eigenvalue weighted by atomic mass is 9.95. The van der Waals surface area contributed by atoms with Crippen LogP contribution in [0, 0.1) is 5.92 Å². The van der Waals surface area contributed by atoms with Crippen LogP contribution < -0.4 is 0 Å². The Morgan fingerprint density at radius 2 is 1.60 bits per heavy atom. The average molecular weight is 421 g/mol. The number of rotatable bonds is 6. The number of Topliss-reactive ketones (excluding diaryl/α,β-unsaturated/α-hetero) is 1. The van der Waals surface area contributed by atoms with E-state index in [1.165, 1.54) is 16.7 Å². The molecule has 0 spiro atoms. The quantitative estimate of drug-likeness (QED) is 0.652. The highest BCUT2D eigenvalue weighted by molar-refractivity contribution is 8.03. The van der Waals surface area contributed by atoms with Crippen molar-refractivity contribution in [1.82, 2.24) is 9.80 Å². The van der Waals surface area contributed by atoms with Gasteiger partial charge in [-0.25, -0.2) is 4.79 Å². The fraction of sp³-hybridized carbons (Fsp3) is 0.292. The van der Waals surface area contributed by atoms with Crippen LogP contribution in [-0.4, -0.2) is 46.0 Å². The number of amides is 3. The van der Waals surface area contributed by atoms with Crippen molar-refractivity contribution in [2.24, 2.45) is 5.92 Å². The van der Waals surface area contributed by atoms with Gasteiger partial charge in [-0.05, 0) is 36.3 Å². The monoisotopic (exact) mass is 420 g/mol. The molecule has 1 saturated heterocycles. The molecule has 2 heterocycles. The summed E-state index contributed by atoms with van der Waals surface area (Å²) >= 11 is 1.51. The van der Waals surface area contributed by atoms with Gasteiger partial charge in [0.15, 0.2) is 5.78 Å². The minimum absolute atomic E-state index is 0.0350. The number of carbonyl (C=O) groups excluding carboxylic acids is 3. The zero-order chi connectivity index (χ0) is 21.3. The predicted molar refractivity (Wildman–Crippen MR) is 118 cm³/mol. The minimum atomic E-state index is -0.396. The van der Waals surface area contributed by atoms with E-state index < -0.39 is 5.92 Å². The zero-order valence-electron chi connectivity index (χ0n) is 17.1. The van der Waals surface area contributed by atoms with E-state index in [0.29, 0.717) is 18.5 Å². The number of benzene rings is 2. The number of hydrogen-bond acceptors (Lipinski definition) is 4. The summed E-state index contributed by atoms with van der Waals surface area (Å²) < 4.78 is 0. The van der Waals surface area contributed by atoms with Crippen molar-refractivity contribution < 1.29 is 14.4 Å². The summed E-state index contributed by atoms with van der Waals surface area (Å²) in [5.41, 5.74) is 2.62. The SMILES string of the molecule is CC1=C(C)C2C(=O)N(CCc3ccccc3)C(=O)N(CC(=O)c3ccccc3)C2S1. The van der Waals surface area contributed by atoms with E-state index in [4.69, 9.17) is 0 Å². The summed E-state index contributed by atoms with van der Waals surface area (Å²) in [6, 6.07) is 18.4. The van der Waals surface area contributed by atoms with Crippen molar-refractivity contribution in [3.05, 3.63) is 82.3 Å². The predicted octanol–water partition coefficient (Wildman–Crippen LogP) is 4.36. The Kier molecular flexibility index (Phi) is 5.77. The first-order chi connectivity index (χ1) is 14.5. The molecule has 2 aliphatic heterocycles. The molecule has 2 aromatic rings. The zero-order valence-corrected chi connectivity index (χ0v) is 17.9. The molecule has 6 heteroatoms. The molecule has 0 N–H and O–H groups in total. The first-order valence-electron chi connectivity index (χ1n) is 10.1. The molecule has 2 unspecified atom stereocenters. The summed E-state index contributed by atoms with van der Waals surface area (Å²) in [7, 11) is 0. The van der Waals surface area contributed by atoms with Crippen LogP contribution in [0.15, 0.2) is 71.1 Å². The first kappa shape index (κ1) is 20.4.